The minimum atomic E-state index is -3.66. The van der Waals surface area contributed by atoms with Gasteiger partial charge in [0.15, 0.2) is 6.10 Å². The SMILES string of the molecule is CS(=O)(=O)N1C[C@@H](C(=O)Nc2ccc(F)c(Cl)c2)Oc2ccc(Cl)cc21. The normalized spacial score (nSPS) is 16.6. The summed E-state index contributed by atoms with van der Waals surface area (Å²) in [6, 6.07) is 8.17. The lowest BCUT2D eigenvalue weighted by atomic mass is 10.2. The number of benzene rings is 2. The first kappa shape index (κ1) is 18.8. The number of ether oxygens (including phenoxy) is 1. The smallest absolute Gasteiger partial charge is 0.267 e. The first-order valence-electron chi connectivity index (χ1n) is 7.35. The van der Waals surface area contributed by atoms with E-state index in [1.807, 2.05) is 0 Å². The van der Waals surface area contributed by atoms with E-state index >= 15 is 0 Å². The van der Waals surface area contributed by atoms with Crippen molar-refractivity contribution >= 4 is 50.5 Å². The van der Waals surface area contributed by atoms with E-state index in [-0.39, 0.29) is 28.7 Å². The summed E-state index contributed by atoms with van der Waals surface area (Å²) in [6.45, 7) is -0.229. The van der Waals surface area contributed by atoms with Crippen molar-refractivity contribution in [1.29, 1.82) is 0 Å². The molecule has 6 nitrogen and oxygen atoms in total. The number of hydrogen-bond acceptors (Lipinski definition) is 4. The van der Waals surface area contributed by atoms with Crippen molar-refractivity contribution in [3.8, 4) is 5.75 Å². The van der Waals surface area contributed by atoms with Gasteiger partial charge in [0.25, 0.3) is 5.91 Å². The lowest BCUT2D eigenvalue weighted by Gasteiger charge is -2.34. The van der Waals surface area contributed by atoms with Crippen LogP contribution in [0.3, 0.4) is 0 Å². The number of hydrogen-bond donors (Lipinski definition) is 1. The Morgan fingerprint density at radius 2 is 2.00 bits per heavy atom. The van der Waals surface area contributed by atoms with Crippen molar-refractivity contribution in [2.75, 3.05) is 22.4 Å². The lowest BCUT2D eigenvalue weighted by molar-refractivity contribution is -0.122. The van der Waals surface area contributed by atoms with Crippen LogP contribution in [-0.2, 0) is 14.8 Å². The minimum Gasteiger partial charge on any atom is -0.476 e. The van der Waals surface area contributed by atoms with Gasteiger partial charge in [0.1, 0.15) is 11.6 Å². The average molecular weight is 419 g/mol. The fourth-order valence-corrected chi connectivity index (χ4v) is 3.72. The highest BCUT2D eigenvalue weighted by Crippen LogP contribution is 2.37. The molecule has 0 unspecified atom stereocenters. The number of sulfonamides is 1. The molecule has 0 spiro atoms. The van der Waals surface area contributed by atoms with Gasteiger partial charge in [-0.25, -0.2) is 12.8 Å². The van der Waals surface area contributed by atoms with Gasteiger partial charge in [-0.3, -0.25) is 9.10 Å². The topological polar surface area (TPSA) is 75.7 Å². The zero-order valence-corrected chi connectivity index (χ0v) is 15.7. The number of halogens is 3. The number of nitrogens with one attached hydrogen (secondary N) is 1. The Kier molecular flexibility index (Phi) is 5.01. The molecule has 1 aliphatic heterocycles. The molecule has 1 atom stereocenters. The lowest BCUT2D eigenvalue weighted by Crippen LogP contribution is -2.48. The maximum Gasteiger partial charge on any atom is 0.267 e. The summed E-state index contributed by atoms with van der Waals surface area (Å²) in [4.78, 5) is 12.5. The van der Waals surface area contributed by atoms with E-state index in [9.17, 15) is 17.6 Å². The number of anilines is 2. The largest absolute Gasteiger partial charge is 0.476 e. The molecule has 0 aliphatic carbocycles. The number of carbonyl (C=O) groups is 1. The number of nitrogens with zero attached hydrogens (tertiary/aromatic N) is 1. The van der Waals surface area contributed by atoms with Crippen LogP contribution in [0.25, 0.3) is 0 Å². The molecule has 138 valence electrons. The zero-order valence-electron chi connectivity index (χ0n) is 13.4. The molecule has 0 saturated carbocycles. The Bertz CT molecular complexity index is 984. The predicted molar refractivity (Wildman–Crippen MR) is 98.1 cm³/mol. The molecule has 1 N–H and O–H groups in total. The van der Waals surface area contributed by atoms with Gasteiger partial charge >= 0.3 is 0 Å². The van der Waals surface area contributed by atoms with E-state index in [1.165, 1.54) is 30.3 Å². The van der Waals surface area contributed by atoms with Crippen LogP contribution in [0.15, 0.2) is 36.4 Å². The van der Waals surface area contributed by atoms with Crippen molar-refractivity contribution in [3.05, 3.63) is 52.3 Å². The summed E-state index contributed by atoms with van der Waals surface area (Å²) in [5.41, 5.74) is 0.520. The van der Waals surface area contributed by atoms with E-state index in [4.69, 9.17) is 27.9 Å². The van der Waals surface area contributed by atoms with Crippen LogP contribution in [-0.4, -0.2) is 33.2 Å². The summed E-state index contributed by atoms with van der Waals surface area (Å²) < 4.78 is 44.1. The van der Waals surface area contributed by atoms with Crippen LogP contribution in [0, 0.1) is 5.82 Å². The van der Waals surface area contributed by atoms with E-state index < -0.39 is 27.9 Å². The van der Waals surface area contributed by atoms with Crippen molar-refractivity contribution in [2.24, 2.45) is 0 Å². The minimum absolute atomic E-state index is 0.148. The van der Waals surface area contributed by atoms with E-state index in [0.717, 1.165) is 16.6 Å². The number of amides is 1. The third-order valence-corrected chi connectivity index (χ3v) is 5.34. The summed E-state index contributed by atoms with van der Waals surface area (Å²) in [5.74, 6) is -1.00. The summed E-state index contributed by atoms with van der Waals surface area (Å²) in [6.07, 6.45) is -0.0835. The molecule has 2 aromatic carbocycles. The van der Waals surface area contributed by atoms with E-state index in [0.29, 0.717) is 5.02 Å². The highest BCUT2D eigenvalue weighted by molar-refractivity contribution is 7.92. The highest BCUT2D eigenvalue weighted by Gasteiger charge is 2.35. The Balaban J connectivity index is 1.88. The predicted octanol–water partition coefficient (Wildman–Crippen LogP) is 3.30. The Morgan fingerprint density at radius 1 is 1.27 bits per heavy atom. The molecule has 0 aromatic heterocycles. The van der Waals surface area contributed by atoms with Crippen LogP contribution < -0.4 is 14.4 Å². The third kappa shape index (κ3) is 3.87. The van der Waals surface area contributed by atoms with Gasteiger partial charge in [-0.1, -0.05) is 23.2 Å². The van der Waals surface area contributed by atoms with Crippen LogP contribution in [0.5, 0.6) is 5.75 Å². The molecule has 1 aliphatic rings. The summed E-state index contributed by atoms with van der Waals surface area (Å²) in [5, 5.41) is 2.72. The van der Waals surface area contributed by atoms with Gasteiger partial charge in [-0.2, -0.15) is 0 Å². The molecule has 2 aromatic rings. The zero-order chi connectivity index (χ0) is 19.1. The van der Waals surface area contributed by atoms with Crippen LogP contribution >= 0.6 is 23.2 Å². The first-order valence-corrected chi connectivity index (χ1v) is 9.95. The molecule has 0 radical (unpaired) electrons. The van der Waals surface area contributed by atoms with Crippen LogP contribution in [0.1, 0.15) is 0 Å². The molecule has 1 heterocycles. The number of rotatable bonds is 3. The van der Waals surface area contributed by atoms with Crippen molar-refractivity contribution in [3.63, 3.8) is 0 Å². The molecule has 1 amide bonds. The Labute approximate surface area is 159 Å². The number of fused-ring (bicyclic) bond motifs is 1. The number of carbonyl (C=O) groups excluding carboxylic acids is 1. The quantitative estimate of drug-likeness (QED) is 0.829. The van der Waals surface area contributed by atoms with Crippen LogP contribution in [0.4, 0.5) is 15.8 Å². The van der Waals surface area contributed by atoms with Crippen molar-refractivity contribution < 1.29 is 22.3 Å². The molecule has 3 rings (SSSR count). The van der Waals surface area contributed by atoms with Gasteiger partial charge in [0.2, 0.25) is 10.0 Å². The van der Waals surface area contributed by atoms with Crippen molar-refractivity contribution in [2.45, 2.75) is 6.10 Å². The molecule has 10 heteroatoms. The fourth-order valence-electron chi connectivity index (χ4n) is 2.47. The molecular weight excluding hydrogens is 406 g/mol. The average Bonchev–Trinajstić information content (AvgIpc) is 2.56. The van der Waals surface area contributed by atoms with Gasteiger partial charge in [-0.15, -0.1) is 0 Å². The third-order valence-electron chi connectivity index (χ3n) is 3.67. The summed E-state index contributed by atoms with van der Waals surface area (Å²) >= 11 is 11.6. The van der Waals surface area contributed by atoms with Gasteiger partial charge in [0.05, 0.1) is 23.5 Å². The van der Waals surface area contributed by atoms with Gasteiger partial charge in [-0.05, 0) is 36.4 Å². The van der Waals surface area contributed by atoms with Crippen LogP contribution in [0.2, 0.25) is 10.0 Å². The molecule has 0 saturated heterocycles. The molecule has 0 bridgehead atoms. The second kappa shape index (κ2) is 6.94. The van der Waals surface area contributed by atoms with E-state index in [1.54, 1.807) is 0 Å². The van der Waals surface area contributed by atoms with Gasteiger partial charge in [0, 0.05) is 10.7 Å². The Hall–Kier alpha value is -2.03. The second-order valence-corrected chi connectivity index (χ2v) is 8.38. The maximum absolute atomic E-state index is 13.2. The van der Waals surface area contributed by atoms with Crippen molar-refractivity contribution in [1.82, 2.24) is 0 Å². The maximum atomic E-state index is 13.2. The summed E-state index contributed by atoms with van der Waals surface area (Å²) in [7, 11) is -3.66. The molecule has 0 fully saturated rings. The standard InChI is InChI=1S/C16H13Cl2FN2O4S/c1-26(23,24)21-8-15(25-14-5-2-9(17)6-13(14)21)16(22)20-10-3-4-12(19)11(18)7-10/h2-7,15H,8H2,1H3,(H,20,22)/t15-/m0/s1. The highest BCUT2D eigenvalue weighted by atomic mass is 35.5. The molecular formula is C16H13Cl2FN2O4S. The Morgan fingerprint density at radius 3 is 2.65 bits per heavy atom. The van der Waals surface area contributed by atoms with Gasteiger partial charge < -0.3 is 10.1 Å². The van der Waals surface area contributed by atoms with E-state index in [2.05, 4.69) is 5.32 Å². The second-order valence-electron chi connectivity index (χ2n) is 5.63. The fraction of sp³-hybridized carbons (Fsp3) is 0.188. The molecule has 26 heavy (non-hydrogen) atoms. The monoisotopic (exact) mass is 418 g/mol. The first-order chi connectivity index (χ1) is 12.1.